The van der Waals surface area contributed by atoms with Crippen molar-refractivity contribution in [1.82, 2.24) is 0 Å². The molecule has 0 amide bonds. The highest BCUT2D eigenvalue weighted by Gasteiger charge is 2.23. The highest BCUT2D eigenvalue weighted by molar-refractivity contribution is 7.44. The summed E-state index contributed by atoms with van der Waals surface area (Å²) in [4.78, 5) is 0. The van der Waals surface area contributed by atoms with Crippen molar-refractivity contribution in [3.05, 3.63) is 0 Å². The zero-order valence-corrected chi connectivity index (χ0v) is 8.89. The van der Waals surface area contributed by atoms with Crippen LogP contribution >= 0.6 is 33.8 Å². The van der Waals surface area contributed by atoms with E-state index in [2.05, 4.69) is 6.92 Å². The molecule has 0 aromatic heterocycles. The van der Waals surface area contributed by atoms with E-state index in [0.717, 1.165) is 6.04 Å². The molecule has 0 bridgehead atoms. The van der Waals surface area contributed by atoms with Crippen molar-refractivity contribution in [3.63, 3.8) is 0 Å². The molecule has 0 aromatic carbocycles. The van der Waals surface area contributed by atoms with Gasteiger partial charge in [0.05, 0.1) is 0 Å². The molecule has 0 fully saturated rings. The average molecular weight is 206 g/mol. The van der Waals surface area contributed by atoms with Crippen molar-refractivity contribution >= 4 is 40.5 Å². The second-order valence-electron chi connectivity index (χ2n) is 2.53. The molecule has 0 aromatic rings. The third-order valence-electron chi connectivity index (χ3n) is 0.970. The number of alkyl halides is 1. The molecule has 0 aliphatic rings. The van der Waals surface area contributed by atoms with Gasteiger partial charge in [-0.25, -0.2) is 0 Å². The van der Waals surface area contributed by atoms with E-state index >= 15 is 0 Å². The van der Waals surface area contributed by atoms with Crippen LogP contribution in [0.1, 0.15) is 6.92 Å². The fraction of sp³-hybridized carbons (Fsp3) is 1.00. The van der Waals surface area contributed by atoms with Crippen LogP contribution in [0.5, 0.6) is 0 Å². The summed E-state index contributed by atoms with van der Waals surface area (Å²) in [6.45, 7) is 2.09. The van der Waals surface area contributed by atoms with E-state index < -0.39 is 6.69 Å². The topological polar surface area (TPSA) is 0 Å². The van der Waals surface area contributed by atoms with Crippen LogP contribution in [0.25, 0.3) is 0 Å². The molecular formula is C5H11Cl3Si. The third kappa shape index (κ3) is 6.98. The van der Waals surface area contributed by atoms with Gasteiger partial charge in [0.2, 0.25) is 6.69 Å². The van der Waals surface area contributed by atoms with Crippen LogP contribution in [0.3, 0.4) is 0 Å². The van der Waals surface area contributed by atoms with Crippen molar-refractivity contribution in [3.8, 4) is 0 Å². The fourth-order valence-corrected chi connectivity index (χ4v) is 3.91. The van der Waals surface area contributed by atoms with Crippen molar-refractivity contribution < 1.29 is 0 Å². The standard InChI is InChI=1S/C5H11Cl3Si/c1-5(3-6)4-9(2,7)8/h5H,3-4H2,1-2H3. The van der Waals surface area contributed by atoms with Crippen LogP contribution in [-0.4, -0.2) is 12.6 Å². The molecule has 0 spiro atoms. The highest BCUT2D eigenvalue weighted by atomic mass is 35.7. The Labute approximate surface area is 71.9 Å². The first-order valence-corrected chi connectivity index (χ1v) is 8.16. The Morgan fingerprint density at radius 1 is 1.44 bits per heavy atom. The number of hydrogen-bond donors (Lipinski definition) is 0. The van der Waals surface area contributed by atoms with Crippen molar-refractivity contribution in [2.75, 3.05) is 5.88 Å². The second-order valence-corrected chi connectivity index (χ2v) is 11.0. The summed E-state index contributed by atoms with van der Waals surface area (Å²) in [5, 5.41) is 0. The molecule has 0 heterocycles. The van der Waals surface area contributed by atoms with Crippen LogP contribution < -0.4 is 0 Å². The lowest BCUT2D eigenvalue weighted by atomic mass is 10.3. The summed E-state index contributed by atoms with van der Waals surface area (Å²) in [5.74, 6) is 1.11. The van der Waals surface area contributed by atoms with Crippen LogP contribution in [0.15, 0.2) is 0 Å². The van der Waals surface area contributed by atoms with Crippen LogP contribution in [0, 0.1) is 5.92 Å². The van der Waals surface area contributed by atoms with Gasteiger partial charge in [-0.2, -0.15) is 0 Å². The van der Waals surface area contributed by atoms with Gasteiger partial charge in [-0.3, -0.25) is 0 Å². The van der Waals surface area contributed by atoms with Gasteiger partial charge in [-0.15, -0.1) is 33.8 Å². The molecule has 9 heavy (non-hydrogen) atoms. The quantitative estimate of drug-likeness (QED) is 0.376. The Bertz CT molecular complexity index is 78.8. The lowest BCUT2D eigenvalue weighted by Crippen LogP contribution is -2.17. The monoisotopic (exact) mass is 204 g/mol. The number of hydrogen-bond acceptors (Lipinski definition) is 0. The Balaban J connectivity index is 3.47. The molecule has 0 saturated carbocycles. The molecule has 0 aliphatic carbocycles. The third-order valence-corrected chi connectivity index (χ3v) is 3.84. The minimum Gasteiger partial charge on any atom is -0.146 e. The zero-order chi connectivity index (χ0) is 7.49. The lowest BCUT2D eigenvalue weighted by Gasteiger charge is -2.13. The van der Waals surface area contributed by atoms with Crippen molar-refractivity contribution in [1.29, 1.82) is 0 Å². The normalized spacial score (nSPS) is 15.7. The molecule has 1 unspecified atom stereocenters. The fourth-order valence-electron chi connectivity index (χ4n) is 0.666. The van der Waals surface area contributed by atoms with E-state index in [9.17, 15) is 0 Å². The Morgan fingerprint density at radius 2 is 1.89 bits per heavy atom. The van der Waals surface area contributed by atoms with Gasteiger partial charge in [-0.1, -0.05) is 6.92 Å². The molecule has 0 aliphatic heterocycles. The van der Waals surface area contributed by atoms with E-state index in [-0.39, 0.29) is 0 Å². The molecule has 0 rings (SSSR count). The molecule has 0 radical (unpaired) electrons. The van der Waals surface area contributed by atoms with Crippen LogP contribution in [0.2, 0.25) is 12.6 Å². The van der Waals surface area contributed by atoms with Crippen LogP contribution in [-0.2, 0) is 0 Å². The first-order valence-electron chi connectivity index (χ1n) is 2.89. The van der Waals surface area contributed by atoms with Crippen molar-refractivity contribution in [2.45, 2.75) is 19.5 Å². The van der Waals surface area contributed by atoms with Crippen LogP contribution in [0.4, 0.5) is 0 Å². The highest BCUT2D eigenvalue weighted by Crippen LogP contribution is 2.24. The minimum atomic E-state index is -1.88. The maximum Gasteiger partial charge on any atom is 0.248 e. The summed E-state index contributed by atoms with van der Waals surface area (Å²) >= 11 is 17.3. The summed E-state index contributed by atoms with van der Waals surface area (Å²) in [6.07, 6.45) is 0. The van der Waals surface area contributed by atoms with E-state index in [4.69, 9.17) is 33.8 Å². The van der Waals surface area contributed by atoms with Gasteiger partial charge in [0, 0.05) is 5.88 Å². The van der Waals surface area contributed by atoms with E-state index in [1.807, 2.05) is 6.55 Å². The molecule has 0 nitrogen and oxygen atoms in total. The molecule has 56 valence electrons. The maximum atomic E-state index is 5.85. The summed E-state index contributed by atoms with van der Waals surface area (Å²) in [6, 6.07) is 0.889. The van der Waals surface area contributed by atoms with E-state index in [1.54, 1.807) is 0 Å². The average Bonchev–Trinajstić information content (AvgIpc) is 1.62. The van der Waals surface area contributed by atoms with Gasteiger partial charge < -0.3 is 0 Å². The van der Waals surface area contributed by atoms with Crippen molar-refractivity contribution in [2.24, 2.45) is 5.92 Å². The van der Waals surface area contributed by atoms with E-state index in [1.165, 1.54) is 0 Å². The molecule has 1 atom stereocenters. The lowest BCUT2D eigenvalue weighted by molar-refractivity contribution is 0.736. The van der Waals surface area contributed by atoms with Gasteiger partial charge in [-0.05, 0) is 18.5 Å². The molecule has 0 N–H and O–H groups in total. The Hall–Kier alpha value is 1.09. The largest absolute Gasteiger partial charge is 0.248 e. The molecular weight excluding hydrogens is 194 g/mol. The van der Waals surface area contributed by atoms with Gasteiger partial charge in [0.15, 0.2) is 0 Å². The number of halogens is 3. The first-order chi connectivity index (χ1) is 3.95. The SMILES string of the molecule is CC(CCl)C[Si](C)(Cl)Cl. The van der Waals surface area contributed by atoms with Gasteiger partial charge >= 0.3 is 0 Å². The minimum absolute atomic E-state index is 0.457. The van der Waals surface area contributed by atoms with Gasteiger partial charge in [0.1, 0.15) is 0 Å². The summed E-state index contributed by atoms with van der Waals surface area (Å²) < 4.78 is 0. The maximum absolute atomic E-state index is 5.85. The number of rotatable bonds is 3. The summed E-state index contributed by atoms with van der Waals surface area (Å²) in [7, 11) is 0. The first kappa shape index (κ1) is 10.1. The predicted octanol–water partition coefficient (Wildman–Crippen LogP) is 3.41. The Kier molecular flexibility index (Phi) is 4.56. The van der Waals surface area contributed by atoms with E-state index in [0.29, 0.717) is 11.8 Å². The second kappa shape index (κ2) is 4.07. The smallest absolute Gasteiger partial charge is 0.146 e. The summed E-state index contributed by atoms with van der Waals surface area (Å²) in [5.41, 5.74) is 0. The zero-order valence-electron chi connectivity index (χ0n) is 5.63. The molecule has 4 heteroatoms. The molecule has 0 saturated heterocycles. The Morgan fingerprint density at radius 3 is 2.00 bits per heavy atom. The van der Waals surface area contributed by atoms with Gasteiger partial charge in [0.25, 0.3) is 0 Å². The predicted molar refractivity (Wildman–Crippen MR) is 48.0 cm³/mol.